The zero-order chi connectivity index (χ0) is 18.0. The Balaban J connectivity index is 1.59. The maximum absolute atomic E-state index is 12.5. The molecule has 0 aliphatic heterocycles. The lowest BCUT2D eigenvalue weighted by molar-refractivity contribution is -0.138. The third kappa shape index (κ3) is 2.71. The number of ketones is 1. The van der Waals surface area contributed by atoms with E-state index < -0.39 is 0 Å². The van der Waals surface area contributed by atoms with Crippen molar-refractivity contribution < 1.29 is 4.79 Å². The Labute approximate surface area is 163 Å². The minimum absolute atomic E-state index is 0.295. The average Bonchev–Trinajstić information content (AvgIpc) is 2.92. The molecule has 0 radical (unpaired) electrons. The topological polar surface area (TPSA) is 17.1 Å². The highest BCUT2D eigenvalue weighted by Crippen LogP contribution is 2.68. The Morgan fingerprint density at radius 2 is 1.60 bits per heavy atom. The molecule has 0 aromatic heterocycles. The van der Waals surface area contributed by atoms with Gasteiger partial charge in [-0.1, -0.05) is 43.6 Å². The summed E-state index contributed by atoms with van der Waals surface area (Å²) in [4.78, 5) is 12.5. The second kappa shape index (κ2) is 6.08. The van der Waals surface area contributed by atoms with Crippen LogP contribution < -0.4 is 0 Å². The van der Waals surface area contributed by atoms with E-state index in [0.717, 1.165) is 30.1 Å². The van der Waals surface area contributed by atoms with E-state index in [-0.39, 0.29) is 0 Å². The molecule has 0 spiro atoms. The molecule has 4 saturated carbocycles. The van der Waals surface area contributed by atoms with Gasteiger partial charge in [-0.25, -0.2) is 0 Å². The highest BCUT2D eigenvalue weighted by molar-refractivity contribution is 9.09. The van der Waals surface area contributed by atoms with Crippen molar-refractivity contribution in [2.75, 3.05) is 5.33 Å². The first-order valence-electron chi connectivity index (χ1n) is 10.8. The van der Waals surface area contributed by atoms with Crippen LogP contribution in [0.5, 0.6) is 0 Å². The molecule has 4 aliphatic rings. The largest absolute Gasteiger partial charge is 0.298 e. The Morgan fingerprint density at radius 3 is 2.32 bits per heavy atom. The highest BCUT2D eigenvalue weighted by Gasteiger charge is 2.61. The van der Waals surface area contributed by atoms with Crippen LogP contribution >= 0.6 is 15.9 Å². The van der Waals surface area contributed by atoms with Crippen molar-refractivity contribution >= 4 is 21.7 Å². The molecule has 4 fully saturated rings. The summed E-state index contributed by atoms with van der Waals surface area (Å²) in [7, 11) is 0. The van der Waals surface area contributed by atoms with Crippen molar-refractivity contribution in [3.63, 3.8) is 0 Å². The van der Waals surface area contributed by atoms with E-state index in [4.69, 9.17) is 0 Å². The van der Waals surface area contributed by atoms with E-state index in [9.17, 15) is 4.79 Å². The molecular weight excluding hydrogens is 372 g/mol. The van der Waals surface area contributed by atoms with Crippen LogP contribution in [0.25, 0.3) is 0 Å². The van der Waals surface area contributed by atoms with E-state index in [2.05, 4.69) is 43.6 Å². The summed E-state index contributed by atoms with van der Waals surface area (Å²) in [5, 5.41) is 0.558. The first kappa shape index (κ1) is 18.5. The van der Waals surface area contributed by atoms with Gasteiger partial charge in [0.2, 0.25) is 0 Å². The SMILES string of the molecule is CC1(C)CC[C@@]2(C)[C@@H](CCC3[C@@H]2CC[C@]2(C)[C@@H](C(=O)CBr)CC[C@@H]32)C1. The van der Waals surface area contributed by atoms with Crippen molar-refractivity contribution in [2.45, 2.75) is 85.5 Å². The molecule has 0 heterocycles. The molecule has 0 amide bonds. The molecule has 0 N–H and O–H groups in total. The number of alkyl halides is 1. The molecule has 142 valence electrons. The van der Waals surface area contributed by atoms with E-state index in [1.807, 2.05) is 0 Å². The smallest absolute Gasteiger partial charge is 0.147 e. The van der Waals surface area contributed by atoms with Gasteiger partial charge in [0.15, 0.2) is 0 Å². The monoisotopic (exact) mass is 408 g/mol. The fraction of sp³-hybridized carbons (Fsp3) is 0.957. The summed E-state index contributed by atoms with van der Waals surface area (Å²) in [5.41, 5.74) is 1.43. The van der Waals surface area contributed by atoms with Crippen LogP contribution in [0.3, 0.4) is 0 Å². The zero-order valence-electron chi connectivity index (χ0n) is 16.7. The Kier molecular flexibility index (Phi) is 4.50. The van der Waals surface area contributed by atoms with Gasteiger partial charge in [-0.3, -0.25) is 4.79 Å². The van der Waals surface area contributed by atoms with Gasteiger partial charge in [0.25, 0.3) is 0 Å². The summed E-state index contributed by atoms with van der Waals surface area (Å²) in [6.07, 6.45) is 12.3. The highest BCUT2D eigenvalue weighted by atomic mass is 79.9. The molecular formula is C23H37BrO. The van der Waals surface area contributed by atoms with Crippen molar-refractivity contribution in [3.05, 3.63) is 0 Å². The molecule has 25 heavy (non-hydrogen) atoms. The van der Waals surface area contributed by atoms with E-state index in [1.165, 1.54) is 51.4 Å². The molecule has 7 atom stereocenters. The van der Waals surface area contributed by atoms with E-state index in [1.54, 1.807) is 0 Å². The number of Topliss-reactive ketones (excluding diaryl/α,β-unsaturated/α-hetero) is 1. The standard InChI is InChI=1S/C23H37BrO/c1-21(2)11-12-22(3)15(13-21)5-6-16-17-7-8-19(20(25)14-24)23(17,4)10-9-18(16)22/h15-19H,5-14H2,1-4H3/t15-,16?,17-,18-,19+,22-,23-/m0/s1. The number of halogens is 1. The molecule has 1 unspecified atom stereocenters. The number of fused-ring (bicyclic) bond motifs is 5. The van der Waals surface area contributed by atoms with Crippen LogP contribution in [0.15, 0.2) is 0 Å². The van der Waals surface area contributed by atoms with Gasteiger partial charge in [-0.15, -0.1) is 0 Å². The Morgan fingerprint density at radius 1 is 0.880 bits per heavy atom. The third-order valence-corrected chi connectivity index (χ3v) is 10.3. The second-order valence-corrected chi connectivity index (χ2v) is 11.9. The molecule has 0 bridgehead atoms. The number of rotatable bonds is 2. The maximum Gasteiger partial charge on any atom is 0.147 e. The molecule has 0 aromatic rings. The summed E-state index contributed by atoms with van der Waals surface area (Å²) in [6.45, 7) is 10.1. The van der Waals surface area contributed by atoms with Crippen molar-refractivity contribution in [1.82, 2.24) is 0 Å². The number of carbonyl (C=O) groups is 1. The fourth-order valence-electron chi connectivity index (χ4n) is 8.26. The first-order chi connectivity index (χ1) is 11.7. The predicted molar refractivity (Wildman–Crippen MR) is 108 cm³/mol. The average molecular weight is 409 g/mol. The summed E-state index contributed by atoms with van der Waals surface area (Å²) in [6, 6.07) is 0. The molecule has 0 aromatic carbocycles. The normalized spacial score (nSPS) is 51.3. The predicted octanol–water partition coefficient (Wildman–Crippen LogP) is 6.64. The van der Waals surface area contributed by atoms with E-state index in [0.29, 0.717) is 33.3 Å². The summed E-state index contributed by atoms with van der Waals surface area (Å²) in [5.74, 6) is 4.39. The van der Waals surface area contributed by atoms with Crippen molar-refractivity contribution in [3.8, 4) is 0 Å². The van der Waals surface area contributed by atoms with Gasteiger partial charge in [0.05, 0.1) is 5.33 Å². The lowest BCUT2D eigenvalue weighted by Crippen LogP contribution is -2.54. The van der Waals surface area contributed by atoms with Crippen LogP contribution in [-0.4, -0.2) is 11.1 Å². The van der Waals surface area contributed by atoms with E-state index >= 15 is 0 Å². The fourth-order valence-corrected chi connectivity index (χ4v) is 8.65. The zero-order valence-corrected chi connectivity index (χ0v) is 18.3. The van der Waals surface area contributed by atoms with Gasteiger partial charge in [0.1, 0.15) is 5.78 Å². The first-order valence-corrected chi connectivity index (χ1v) is 11.9. The minimum Gasteiger partial charge on any atom is -0.298 e. The quantitative estimate of drug-likeness (QED) is 0.468. The van der Waals surface area contributed by atoms with Gasteiger partial charge < -0.3 is 0 Å². The third-order valence-electron chi connectivity index (χ3n) is 9.73. The van der Waals surface area contributed by atoms with Gasteiger partial charge in [-0.05, 0) is 97.7 Å². The van der Waals surface area contributed by atoms with Gasteiger partial charge >= 0.3 is 0 Å². The lowest BCUT2D eigenvalue weighted by Gasteiger charge is -2.62. The lowest BCUT2D eigenvalue weighted by atomic mass is 9.43. The van der Waals surface area contributed by atoms with Crippen LogP contribution in [0.1, 0.15) is 85.5 Å². The molecule has 1 nitrogen and oxygen atoms in total. The minimum atomic E-state index is 0.295. The number of carbonyl (C=O) groups excluding carboxylic acids is 1. The number of hydrogen-bond acceptors (Lipinski definition) is 1. The molecule has 0 saturated heterocycles. The van der Waals surface area contributed by atoms with Crippen LogP contribution in [-0.2, 0) is 4.79 Å². The van der Waals surface area contributed by atoms with Gasteiger partial charge in [-0.2, -0.15) is 0 Å². The second-order valence-electron chi connectivity index (χ2n) is 11.3. The summed E-state index contributed by atoms with van der Waals surface area (Å²) >= 11 is 3.45. The van der Waals surface area contributed by atoms with Crippen LogP contribution in [0, 0.1) is 45.8 Å². The number of hydrogen-bond donors (Lipinski definition) is 0. The Hall–Kier alpha value is 0.150. The van der Waals surface area contributed by atoms with Gasteiger partial charge in [0, 0.05) is 5.92 Å². The van der Waals surface area contributed by atoms with Crippen LogP contribution in [0.4, 0.5) is 0 Å². The van der Waals surface area contributed by atoms with Crippen molar-refractivity contribution in [1.29, 1.82) is 0 Å². The molecule has 4 rings (SSSR count). The van der Waals surface area contributed by atoms with Crippen LogP contribution in [0.2, 0.25) is 0 Å². The summed E-state index contributed by atoms with van der Waals surface area (Å²) < 4.78 is 0. The maximum atomic E-state index is 12.5. The van der Waals surface area contributed by atoms with Crippen molar-refractivity contribution in [2.24, 2.45) is 45.8 Å². The molecule has 4 aliphatic carbocycles. The molecule has 2 heteroatoms. The Bertz CT molecular complexity index is 554.